The van der Waals surface area contributed by atoms with Crippen LogP contribution in [0.2, 0.25) is 0 Å². The zero-order valence-electron chi connectivity index (χ0n) is 18.5. The van der Waals surface area contributed by atoms with Gasteiger partial charge in [-0.15, -0.1) is 0 Å². The van der Waals surface area contributed by atoms with Crippen molar-refractivity contribution >= 4 is 35.4 Å². The second-order valence-electron chi connectivity index (χ2n) is 7.42. The first-order valence-corrected chi connectivity index (χ1v) is 11.4. The number of hydrogen-bond acceptors (Lipinski definition) is 6. The van der Waals surface area contributed by atoms with E-state index >= 15 is 0 Å². The molecule has 0 aliphatic rings. The molecule has 9 nitrogen and oxygen atoms in total. The number of hydrogen-bond donors (Lipinski definition) is 3. The highest BCUT2D eigenvalue weighted by Gasteiger charge is 2.29. The minimum absolute atomic E-state index is 0.251. The summed E-state index contributed by atoms with van der Waals surface area (Å²) in [5.41, 5.74) is 12.2. The molecule has 0 heterocycles. The van der Waals surface area contributed by atoms with Crippen LogP contribution in [0.3, 0.4) is 0 Å². The Bertz CT molecular complexity index is 761. The fourth-order valence-electron chi connectivity index (χ4n) is 2.91. The monoisotopic (exact) mass is 451 g/mol. The minimum atomic E-state index is -0.894. The highest BCUT2D eigenvalue weighted by molar-refractivity contribution is 7.98. The molecule has 0 fully saturated rings. The van der Waals surface area contributed by atoms with Crippen molar-refractivity contribution in [1.29, 1.82) is 0 Å². The summed E-state index contributed by atoms with van der Waals surface area (Å²) in [7, 11) is 2.97. The number of nitrogens with two attached hydrogens (primary N) is 2. The molecule has 0 spiro atoms. The molecule has 3 atom stereocenters. The van der Waals surface area contributed by atoms with Gasteiger partial charge in [0.25, 0.3) is 0 Å². The van der Waals surface area contributed by atoms with Crippen molar-refractivity contribution in [2.75, 3.05) is 32.6 Å². The molecule has 5 N–H and O–H groups in total. The quantitative estimate of drug-likeness (QED) is 0.395. The van der Waals surface area contributed by atoms with Crippen molar-refractivity contribution in [3.8, 4) is 0 Å². The molecule has 0 unspecified atom stereocenters. The predicted molar refractivity (Wildman–Crippen MR) is 122 cm³/mol. The summed E-state index contributed by atoms with van der Waals surface area (Å²) in [5.74, 6) is -1.18. The Hall–Kier alpha value is -2.59. The second kappa shape index (κ2) is 13.0. The number of primary amides is 1. The van der Waals surface area contributed by atoms with Crippen LogP contribution in [0, 0.1) is 0 Å². The summed E-state index contributed by atoms with van der Waals surface area (Å²) in [6, 6.07) is 6.79. The van der Waals surface area contributed by atoms with Crippen molar-refractivity contribution in [2.24, 2.45) is 11.5 Å². The number of rotatable bonds is 12. The zero-order chi connectivity index (χ0) is 23.6. The van der Waals surface area contributed by atoms with Gasteiger partial charge in [0.1, 0.15) is 12.1 Å². The average molecular weight is 452 g/mol. The molecule has 172 valence electrons. The third-order valence-electron chi connectivity index (χ3n) is 4.95. The number of carbonyl (C=O) groups excluding carboxylic acids is 4. The maximum atomic E-state index is 12.7. The van der Waals surface area contributed by atoms with Crippen molar-refractivity contribution in [3.05, 3.63) is 35.9 Å². The van der Waals surface area contributed by atoms with Crippen LogP contribution < -0.4 is 16.8 Å². The van der Waals surface area contributed by atoms with Gasteiger partial charge in [-0.05, 0) is 30.9 Å². The van der Waals surface area contributed by atoms with E-state index in [1.807, 2.05) is 36.6 Å². The maximum absolute atomic E-state index is 12.7. The first kappa shape index (κ1) is 26.4. The van der Waals surface area contributed by atoms with Crippen LogP contribution in [-0.4, -0.2) is 84.2 Å². The van der Waals surface area contributed by atoms with Gasteiger partial charge in [0, 0.05) is 20.5 Å². The summed E-state index contributed by atoms with van der Waals surface area (Å²) in [4.78, 5) is 51.8. The number of amides is 4. The van der Waals surface area contributed by atoms with Crippen LogP contribution in [0.4, 0.5) is 0 Å². The fourth-order valence-corrected chi connectivity index (χ4v) is 3.40. The van der Waals surface area contributed by atoms with Gasteiger partial charge in [0.15, 0.2) is 0 Å². The zero-order valence-corrected chi connectivity index (χ0v) is 19.4. The van der Waals surface area contributed by atoms with Gasteiger partial charge in [0.2, 0.25) is 23.6 Å². The molecular formula is C21H33N5O4S. The van der Waals surface area contributed by atoms with E-state index in [2.05, 4.69) is 5.32 Å². The molecule has 0 saturated carbocycles. The first-order valence-electron chi connectivity index (χ1n) is 9.97. The molecule has 0 aromatic heterocycles. The average Bonchev–Trinajstić information content (AvgIpc) is 2.75. The minimum Gasteiger partial charge on any atom is -0.368 e. The molecule has 31 heavy (non-hydrogen) atoms. The fraction of sp³-hybridized carbons (Fsp3) is 0.524. The lowest BCUT2D eigenvalue weighted by Gasteiger charge is -2.30. The predicted octanol–water partition coefficient (Wildman–Crippen LogP) is -0.415. The standard InChI is InChI=1S/C21H33N5O4S/c1-14(26(3)21(30)16(22)10-11-31-4)20(29)25(2)13-18(27)24-17(19(23)28)12-15-8-6-5-7-9-15/h5-9,14,16-17H,10-13,22H2,1-4H3,(H2,23,28)(H,24,27)/t14-,16-,17+/m0/s1. The molecule has 1 aromatic carbocycles. The Labute approximate surface area is 187 Å². The summed E-state index contributed by atoms with van der Waals surface area (Å²) < 4.78 is 0. The van der Waals surface area contributed by atoms with Crippen LogP contribution in [0.5, 0.6) is 0 Å². The van der Waals surface area contributed by atoms with E-state index in [4.69, 9.17) is 11.5 Å². The van der Waals surface area contributed by atoms with Gasteiger partial charge in [-0.1, -0.05) is 30.3 Å². The van der Waals surface area contributed by atoms with Gasteiger partial charge in [-0.25, -0.2) is 0 Å². The lowest BCUT2D eigenvalue weighted by Crippen LogP contribution is -2.54. The van der Waals surface area contributed by atoms with E-state index in [1.165, 1.54) is 23.9 Å². The highest BCUT2D eigenvalue weighted by Crippen LogP contribution is 2.07. The number of nitrogens with one attached hydrogen (secondary N) is 1. The lowest BCUT2D eigenvalue weighted by atomic mass is 10.1. The molecule has 4 amide bonds. The molecule has 1 rings (SSSR count). The number of thioether (sulfide) groups is 1. The van der Waals surface area contributed by atoms with Crippen LogP contribution in [0.15, 0.2) is 30.3 Å². The molecule has 0 saturated heterocycles. The Balaban J connectivity index is 2.65. The third-order valence-corrected chi connectivity index (χ3v) is 5.60. The summed E-state index contributed by atoms with van der Waals surface area (Å²) >= 11 is 1.59. The van der Waals surface area contributed by atoms with E-state index in [-0.39, 0.29) is 18.9 Å². The van der Waals surface area contributed by atoms with E-state index in [0.717, 1.165) is 11.3 Å². The second-order valence-corrected chi connectivity index (χ2v) is 8.41. The van der Waals surface area contributed by atoms with Crippen LogP contribution in [-0.2, 0) is 25.6 Å². The Morgan fingerprint density at radius 3 is 2.26 bits per heavy atom. The molecule has 0 aliphatic heterocycles. The lowest BCUT2D eigenvalue weighted by molar-refractivity contribution is -0.145. The van der Waals surface area contributed by atoms with Crippen LogP contribution in [0.1, 0.15) is 18.9 Å². The molecule has 0 aliphatic carbocycles. The summed E-state index contributed by atoms with van der Waals surface area (Å²) in [6.45, 7) is 1.31. The topological polar surface area (TPSA) is 139 Å². The number of benzene rings is 1. The van der Waals surface area contributed by atoms with Gasteiger partial charge in [-0.2, -0.15) is 11.8 Å². The SMILES string of the molecule is CSCC[C@H](N)C(=O)N(C)[C@@H](C)C(=O)N(C)CC(=O)N[C@H](Cc1ccccc1)C(N)=O. The van der Waals surface area contributed by atoms with Crippen molar-refractivity contribution in [1.82, 2.24) is 15.1 Å². The molecule has 0 radical (unpaired) electrons. The molecular weight excluding hydrogens is 418 g/mol. The maximum Gasteiger partial charge on any atom is 0.245 e. The largest absolute Gasteiger partial charge is 0.368 e. The van der Waals surface area contributed by atoms with Gasteiger partial charge >= 0.3 is 0 Å². The van der Waals surface area contributed by atoms with Crippen LogP contribution in [0.25, 0.3) is 0 Å². The van der Waals surface area contributed by atoms with E-state index < -0.39 is 35.8 Å². The third kappa shape index (κ3) is 8.58. The Morgan fingerprint density at radius 2 is 1.71 bits per heavy atom. The van der Waals surface area contributed by atoms with Gasteiger partial charge in [0.05, 0.1) is 12.6 Å². The van der Waals surface area contributed by atoms with Crippen molar-refractivity contribution < 1.29 is 19.2 Å². The van der Waals surface area contributed by atoms with E-state index in [0.29, 0.717) is 6.42 Å². The normalized spacial score (nSPS) is 13.6. The summed E-state index contributed by atoms with van der Waals surface area (Å²) in [6.07, 6.45) is 2.69. The Kier molecular flexibility index (Phi) is 11.1. The van der Waals surface area contributed by atoms with Crippen molar-refractivity contribution in [2.45, 2.75) is 37.9 Å². The van der Waals surface area contributed by atoms with E-state index in [9.17, 15) is 19.2 Å². The molecule has 0 bridgehead atoms. The first-order chi connectivity index (χ1) is 14.6. The van der Waals surface area contributed by atoms with Crippen molar-refractivity contribution in [3.63, 3.8) is 0 Å². The highest BCUT2D eigenvalue weighted by atomic mass is 32.2. The number of likely N-dealkylation sites (N-methyl/N-ethyl adjacent to an activating group) is 2. The summed E-state index contributed by atoms with van der Waals surface area (Å²) in [5, 5.41) is 2.57. The Morgan fingerprint density at radius 1 is 1.10 bits per heavy atom. The number of nitrogens with zero attached hydrogens (tertiary/aromatic N) is 2. The van der Waals surface area contributed by atoms with Crippen LogP contribution >= 0.6 is 11.8 Å². The number of carbonyl (C=O) groups is 4. The van der Waals surface area contributed by atoms with Gasteiger partial charge in [-0.3, -0.25) is 19.2 Å². The molecule has 1 aromatic rings. The van der Waals surface area contributed by atoms with E-state index in [1.54, 1.807) is 18.7 Å². The smallest absolute Gasteiger partial charge is 0.245 e. The van der Waals surface area contributed by atoms with Gasteiger partial charge < -0.3 is 26.6 Å². The molecule has 10 heteroatoms.